The molecule has 4 nitrogen and oxygen atoms in total. The molecule has 0 atom stereocenters. The Labute approximate surface area is 95.5 Å². The molecule has 1 saturated carbocycles. The zero-order chi connectivity index (χ0) is 11.2. The number of nitrogens with zero attached hydrogens (tertiary/aromatic N) is 1. The van der Waals surface area contributed by atoms with E-state index in [1.165, 1.54) is 25.7 Å². The van der Waals surface area contributed by atoms with Crippen LogP contribution in [0.15, 0.2) is 24.4 Å². The monoisotopic (exact) mass is 219 g/mol. The van der Waals surface area contributed by atoms with Gasteiger partial charge < -0.3 is 10.6 Å². The van der Waals surface area contributed by atoms with Crippen molar-refractivity contribution in [2.45, 2.75) is 31.7 Å². The highest BCUT2D eigenvalue weighted by Crippen LogP contribution is 2.17. The quantitative estimate of drug-likeness (QED) is 0.808. The SMILES string of the molecule is O=C(CNC1CCCC1)Nc1ccccn1. The first-order chi connectivity index (χ1) is 7.84. The summed E-state index contributed by atoms with van der Waals surface area (Å²) in [6.07, 6.45) is 6.60. The summed E-state index contributed by atoms with van der Waals surface area (Å²) < 4.78 is 0. The average molecular weight is 219 g/mol. The summed E-state index contributed by atoms with van der Waals surface area (Å²) in [5.41, 5.74) is 0. The van der Waals surface area contributed by atoms with Gasteiger partial charge in [-0.1, -0.05) is 18.9 Å². The van der Waals surface area contributed by atoms with E-state index in [2.05, 4.69) is 15.6 Å². The standard InChI is InChI=1S/C12H17N3O/c16-12(9-14-10-5-1-2-6-10)15-11-7-3-4-8-13-11/h3-4,7-8,10,14H,1-2,5-6,9H2,(H,13,15,16). The Kier molecular flexibility index (Phi) is 3.88. The molecule has 0 aromatic carbocycles. The minimum absolute atomic E-state index is 0.0226. The van der Waals surface area contributed by atoms with Gasteiger partial charge in [0.15, 0.2) is 0 Å². The molecular formula is C12H17N3O. The molecule has 1 aliphatic carbocycles. The summed E-state index contributed by atoms with van der Waals surface area (Å²) in [6.45, 7) is 0.376. The van der Waals surface area contributed by atoms with Gasteiger partial charge in [0.05, 0.1) is 6.54 Å². The smallest absolute Gasteiger partial charge is 0.239 e. The number of hydrogen-bond acceptors (Lipinski definition) is 3. The van der Waals surface area contributed by atoms with E-state index >= 15 is 0 Å². The lowest BCUT2D eigenvalue weighted by atomic mass is 10.2. The number of aromatic nitrogens is 1. The normalized spacial score (nSPS) is 16.2. The summed E-state index contributed by atoms with van der Waals surface area (Å²) in [4.78, 5) is 15.6. The Morgan fingerprint density at radius 1 is 1.38 bits per heavy atom. The van der Waals surface area contributed by atoms with Crippen molar-refractivity contribution in [1.82, 2.24) is 10.3 Å². The lowest BCUT2D eigenvalue weighted by molar-refractivity contribution is -0.115. The molecule has 1 heterocycles. The van der Waals surface area contributed by atoms with E-state index in [4.69, 9.17) is 0 Å². The molecule has 1 amide bonds. The minimum atomic E-state index is -0.0226. The molecule has 0 radical (unpaired) electrons. The van der Waals surface area contributed by atoms with Crippen molar-refractivity contribution in [2.75, 3.05) is 11.9 Å². The highest BCUT2D eigenvalue weighted by molar-refractivity contribution is 5.91. The number of carbonyl (C=O) groups excluding carboxylic acids is 1. The Morgan fingerprint density at radius 3 is 2.88 bits per heavy atom. The number of rotatable bonds is 4. The second-order valence-corrected chi connectivity index (χ2v) is 4.13. The van der Waals surface area contributed by atoms with E-state index in [1.54, 1.807) is 12.3 Å². The number of hydrogen-bond donors (Lipinski definition) is 2. The van der Waals surface area contributed by atoms with Crippen LogP contribution in [0.2, 0.25) is 0 Å². The van der Waals surface area contributed by atoms with Crippen LogP contribution in [0.3, 0.4) is 0 Å². The van der Waals surface area contributed by atoms with Crippen molar-refractivity contribution in [1.29, 1.82) is 0 Å². The van der Waals surface area contributed by atoms with Gasteiger partial charge in [0.25, 0.3) is 0 Å². The third-order valence-corrected chi connectivity index (χ3v) is 2.84. The van der Waals surface area contributed by atoms with Gasteiger partial charge in [-0.15, -0.1) is 0 Å². The van der Waals surface area contributed by atoms with E-state index < -0.39 is 0 Å². The van der Waals surface area contributed by atoms with Crippen LogP contribution in [0.4, 0.5) is 5.82 Å². The van der Waals surface area contributed by atoms with Crippen LogP contribution in [0.5, 0.6) is 0 Å². The molecule has 1 aromatic heterocycles. The van der Waals surface area contributed by atoms with Gasteiger partial charge in [-0.3, -0.25) is 4.79 Å². The first kappa shape index (κ1) is 11.1. The zero-order valence-corrected chi connectivity index (χ0v) is 9.28. The molecule has 1 aliphatic rings. The van der Waals surface area contributed by atoms with Crippen LogP contribution < -0.4 is 10.6 Å². The van der Waals surface area contributed by atoms with Crippen LogP contribution in [0.1, 0.15) is 25.7 Å². The van der Waals surface area contributed by atoms with Gasteiger partial charge in [0, 0.05) is 12.2 Å². The fraction of sp³-hybridized carbons (Fsp3) is 0.500. The first-order valence-corrected chi connectivity index (χ1v) is 5.79. The van der Waals surface area contributed by atoms with Gasteiger partial charge in [0.2, 0.25) is 5.91 Å². The predicted molar refractivity (Wildman–Crippen MR) is 63.1 cm³/mol. The van der Waals surface area contributed by atoms with Crippen molar-refractivity contribution in [3.05, 3.63) is 24.4 Å². The highest BCUT2D eigenvalue weighted by atomic mass is 16.1. The molecular weight excluding hydrogens is 202 g/mol. The maximum Gasteiger partial charge on any atom is 0.239 e. The summed E-state index contributed by atoms with van der Waals surface area (Å²) in [5, 5.41) is 6.02. The summed E-state index contributed by atoms with van der Waals surface area (Å²) in [7, 11) is 0. The Morgan fingerprint density at radius 2 is 2.19 bits per heavy atom. The molecule has 4 heteroatoms. The number of carbonyl (C=O) groups is 1. The molecule has 86 valence electrons. The van der Waals surface area contributed by atoms with Crippen LogP contribution in [0.25, 0.3) is 0 Å². The second-order valence-electron chi connectivity index (χ2n) is 4.13. The van der Waals surface area contributed by atoms with Crippen molar-refractivity contribution < 1.29 is 4.79 Å². The van der Waals surface area contributed by atoms with Crippen molar-refractivity contribution >= 4 is 11.7 Å². The van der Waals surface area contributed by atoms with Gasteiger partial charge in [0.1, 0.15) is 5.82 Å². The molecule has 0 saturated heterocycles. The molecule has 2 N–H and O–H groups in total. The van der Waals surface area contributed by atoms with Crippen molar-refractivity contribution in [2.24, 2.45) is 0 Å². The lowest BCUT2D eigenvalue weighted by Gasteiger charge is -2.11. The predicted octanol–water partition coefficient (Wildman–Crippen LogP) is 1.55. The van der Waals surface area contributed by atoms with Crippen molar-refractivity contribution in [3.63, 3.8) is 0 Å². The number of anilines is 1. The van der Waals surface area contributed by atoms with Crippen LogP contribution in [0, 0.1) is 0 Å². The summed E-state index contributed by atoms with van der Waals surface area (Å²) >= 11 is 0. The number of nitrogens with one attached hydrogen (secondary N) is 2. The van der Waals surface area contributed by atoms with Crippen LogP contribution in [-0.4, -0.2) is 23.5 Å². The van der Waals surface area contributed by atoms with E-state index in [0.717, 1.165) is 0 Å². The molecule has 0 aliphatic heterocycles. The Bertz CT molecular complexity index is 333. The molecule has 1 aromatic rings. The summed E-state index contributed by atoms with van der Waals surface area (Å²) in [5.74, 6) is 0.589. The zero-order valence-electron chi connectivity index (χ0n) is 9.28. The maximum atomic E-state index is 11.6. The first-order valence-electron chi connectivity index (χ1n) is 5.79. The van der Waals surface area contributed by atoms with Gasteiger partial charge in [-0.25, -0.2) is 4.98 Å². The summed E-state index contributed by atoms with van der Waals surface area (Å²) in [6, 6.07) is 5.99. The fourth-order valence-corrected chi connectivity index (χ4v) is 1.99. The lowest BCUT2D eigenvalue weighted by Crippen LogP contribution is -2.34. The number of pyridine rings is 1. The van der Waals surface area contributed by atoms with Crippen molar-refractivity contribution in [3.8, 4) is 0 Å². The van der Waals surface area contributed by atoms with Crippen LogP contribution in [-0.2, 0) is 4.79 Å². The maximum absolute atomic E-state index is 11.6. The molecule has 2 rings (SSSR count). The average Bonchev–Trinajstić information content (AvgIpc) is 2.81. The third-order valence-electron chi connectivity index (χ3n) is 2.84. The highest BCUT2D eigenvalue weighted by Gasteiger charge is 2.15. The van der Waals surface area contributed by atoms with E-state index in [1.807, 2.05) is 12.1 Å². The van der Waals surface area contributed by atoms with Gasteiger partial charge in [-0.05, 0) is 25.0 Å². The largest absolute Gasteiger partial charge is 0.310 e. The molecule has 0 unspecified atom stereocenters. The fourth-order valence-electron chi connectivity index (χ4n) is 1.99. The molecule has 1 fully saturated rings. The Hall–Kier alpha value is -1.42. The van der Waals surface area contributed by atoms with Gasteiger partial charge in [-0.2, -0.15) is 0 Å². The topological polar surface area (TPSA) is 54.0 Å². The number of amides is 1. The molecule has 0 bridgehead atoms. The van der Waals surface area contributed by atoms with E-state index in [0.29, 0.717) is 18.4 Å². The minimum Gasteiger partial charge on any atom is -0.310 e. The van der Waals surface area contributed by atoms with E-state index in [9.17, 15) is 4.79 Å². The molecule has 16 heavy (non-hydrogen) atoms. The van der Waals surface area contributed by atoms with E-state index in [-0.39, 0.29) is 5.91 Å². The second kappa shape index (κ2) is 5.61. The molecule has 0 spiro atoms. The van der Waals surface area contributed by atoms with Gasteiger partial charge >= 0.3 is 0 Å². The third kappa shape index (κ3) is 3.31. The van der Waals surface area contributed by atoms with Crippen LogP contribution >= 0.6 is 0 Å². The Balaban J connectivity index is 1.72.